The molecule has 1 heterocycles. The van der Waals surface area contributed by atoms with Gasteiger partial charge in [0.1, 0.15) is 11.5 Å². The molecule has 0 atom stereocenters. The monoisotopic (exact) mass is 238 g/mol. The molecule has 0 amide bonds. The standard InChI is InChI=1S/C14H26N2O/c1-6-13(7-2)16(5)10-12-8-14(9-15-4)17-11(12)3/h8,13,15H,6-7,9-10H2,1-5H3. The number of nitrogens with zero attached hydrogens (tertiary/aromatic N) is 1. The molecule has 0 aliphatic heterocycles. The predicted molar refractivity (Wildman–Crippen MR) is 72.0 cm³/mol. The van der Waals surface area contributed by atoms with Crippen molar-refractivity contribution < 1.29 is 4.42 Å². The van der Waals surface area contributed by atoms with Gasteiger partial charge in [0.25, 0.3) is 0 Å². The normalized spacial score (nSPS) is 11.7. The Bertz CT molecular complexity index is 329. The van der Waals surface area contributed by atoms with Gasteiger partial charge in [-0.1, -0.05) is 13.8 Å². The summed E-state index contributed by atoms with van der Waals surface area (Å²) < 4.78 is 5.71. The van der Waals surface area contributed by atoms with E-state index in [-0.39, 0.29) is 0 Å². The van der Waals surface area contributed by atoms with E-state index in [0.717, 1.165) is 24.6 Å². The first kappa shape index (κ1) is 14.3. The van der Waals surface area contributed by atoms with E-state index >= 15 is 0 Å². The maximum Gasteiger partial charge on any atom is 0.118 e. The zero-order valence-electron chi connectivity index (χ0n) is 11.8. The smallest absolute Gasteiger partial charge is 0.118 e. The fraction of sp³-hybridized carbons (Fsp3) is 0.714. The maximum atomic E-state index is 5.71. The second kappa shape index (κ2) is 6.82. The molecule has 3 nitrogen and oxygen atoms in total. The summed E-state index contributed by atoms with van der Waals surface area (Å²) in [5, 5.41) is 3.12. The molecule has 1 N–H and O–H groups in total. The first-order chi connectivity index (χ1) is 8.12. The highest BCUT2D eigenvalue weighted by Gasteiger charge is 2.14. The summed E-state index contributed by atoms with van der Waals surface area (Å²) in [6.45, 7) is 8.33. The molecule has 17 heavy (non-hydrogen) atoms. The first-order valence-corrected chi connectivity index (χ1v) is 6.55. The minimum Gasteiger partial charge on any atom is -0.465 e. The van der Waals surface area contributed by atoms with Crippen LogP contribution in [0.1, 0.15) is 43.8 Å². The minimum absolute atomic E-state index is 0.664. The van der Waals surface area contributed by atoms with Crippen molar-refractivity contribution in [3.05, 3.63) is 23.2 Å². The highest BCUT2D eigenvalue weighted by atomic mass is 16.3. The van der Waals surface area contributed by atoms with Crippen molar-refractivity contribution in [1.29, 1.82) is 0 Å². The van der Waals surface area contributed by atoms with Crippen LogP contribution in [0.4, 0.5) is 0 Å². The molecule has 1 aromatic rings. The van der Waals surface area contributed by atoms with Crippen LogP contribution in [0, 0.1) is 6.92 Å². The van der Waals surface area contributed by atoms with Gasteiger partial charge in [-0.3, -0.25) is 4.90 Å². The maximum absolute atomic E-state index is 5.71. The summed E-state index contributed by atoms with van der Waals surface area (Å²) in [6, 6.07) is 2.84. The number of rotatable bonds is 7. The molecular formula is C14H26N2O. The Hall–Kier alpha value is -0.800. The summed E-state index contributed by atoms with van der Waals surface area (Å²) in [4.78, 5) is 2.42. The lowest BCUT2D eigenvalue weighted by Gasteiger charge is -2.25. The molecule has 98 valence electrons. The van der Waals surface area contributed by atoms with E-state index in [2.05, 4.69) is 44.1 Å². The van der Waals surface area contributed by atoms with Gasteiger partial charge in [0.2, 0.25) is 0 Å². The lowest BCUT2D eigenvalue weighted by atomic mass is 10.1. The molecule has 0 aromatic carbocycles. The van der Waals surface area contributed by atoms with Gasteiger partial charge in [-0.15, -0.1) is 0 Å². The van der Waals surface area contributed by atoms with Crippen molar-refractivity contribution in [2.75, 3.05) is 14.1 Å². The molecule has 0 spiro atoms. The molecule has 3 heteroatoms. The zero-order valence-corrected chi connectivity index (χ0v) is 11.8. The first-order valence-electron chi connectivity index (χ1n) is 6.55. The van der Waals surface area contributed by atoms with Gasteiger partial charge in [-0.25, -0.2) is 0 Å². The predicted octanol–water partition coefficient (Wildman–Crippen LogP) is 2.93. The van der Waals surface area contributed by atoms with Crippen molar-refractivity contribution >= 4 is 0 Å². The van der Waals surface area contributed by atoms with Gasteiger partial charge < -0.3 is 9.73 Å². The third-order valence-corrected chi connectivity index (χ3v) is 3.41. The van der Waals surface area contributed by atoms with Crippen molar-refractivity contribution in [2.24, 2.45) is 0 Å². The van der Waals surface area contributed by atoms with E-state index in [1.165, 1.54) is 18.4 Å². The molecular weight excluding hydrogens is 212 g/mol. The lowest BCUT2D eigenvalue weighted by Crippen LogP contribution is -2.30. The summed E-state index contributed by atoms with van der Waals surface area (Å²) in [6.07, 6.45) is 2.40. The summed E-state index contributed by atoms with van der Waals surface area (Å²) in [5.74, 6) is 2.08. The molecule has 0 bridgehead atoms. The third kappa shape index (κ3) is 3.86. The van der Waals surface area contributed by atoms with E-state index in [9.17, 15) is 0 Å². The van der Waals surface area contributed by atoms with Crippen LogP contribution in [0.5, 0.6) is 0 Å². The highest BCUT2D eigenvalue weighted by molar-refractivity contribution is 5.20. The Labute approximate surface area is 105 Å². The van der Waals surface area contributed by atoms with Crippen LogP contribution < -0.4 is 5.32 Å². The van der Waals surface area contributed by atoms with E-state index in [0.29, 0.717) is 6.04 Å². The average molecular weight is 238 g/mol. The molecule has 0 saturated carbocycles. The molecule has 0 unspecified atom stereocenters. The Kier molecular flexibility index (Phi) is 5.72. The van der Waals surface area contributed by atoms with Gasteiger partial charge in [0.15, 0.2) is 0 Å². The SMILES string of the molecule is CCC(CC)N(C)Cc1cc(CNC)oc1C. The van der Waals surface area contributed by atoms with E-state index in [1.54, 1.807) is 0 Å². The number of hydrogen-bond donors (Lipinski definition) is 1. The Morgan fingerprint density at radius 1 is 1.35 bits per heavy atom. The van der Waals surface area contributed by atoms with Crippen molar-refractivity contribution in [3.63, 3.8) is 0 Å². The van der Waals surface area contributed by atoms with Crippen LogP contribution >= 0.6 is 0 Å². The van der Waals surface area contributed by atoms with Crippen LogP contribution in [0.2, 0.25) is 0 Å². The second-order valence-electron chi connectivity index (χ2n) is 4.71. The number of furan rings is 1. The summed E-state index contributed by atoms with van der Waals surface area (Å²) >= 11 is 0. The highest BCUT2D eigenvalue weighted by Crippen LogP contribution is 2.18. The van der Waals surface area contributed by atoms with Gasteiger partial charge in [0, 0.05) is 18.2 Å². The lowest BCUT2D eigenvalue weighted by molar-refractivity contribution is 0.220. The Morgan fingerprint density at radius 3 is 2.53 bits per heavy atom. The average Bonchev–Trinajstić information content (AvgIpc) is 2.61. The largest absolute Gasteiger partial charge is 0.465 e. The molecule has 0 aliphatic carbocycles. The zero-order chi connectivity index (χ0) is 12.8. The van der Waals surface area contributed by atoms with Crippen LogP contribution in [-0.4, -0.2) is 25.0 Å². The number of hydrogen-bond acceptors (Lipinski definition) is 3. The third-order valence-electron chi connectivity index (χ3n) is 3.41. The molecule has 0 radical (unpaired) electrons. The number of nitrogens with one attached hydrogen (secondary N) is 1. The van der Waals surface area contributed by atoms with Gasteiger partial charge in [-0.05, 0) is 39.9 Å². The van der Waals surface area contributed by atoms with E-state index in [4.69, 9.17) is 4.42 Å². The second-order valence-corrected chi connectivity index (χ2v) is 4.71. The van der Waals surface area contributed by atoms with Crippen molar-refractivity contribution in [2.45, 2.75) is 52.7 Å². The van der Waals surface area contributed by atoms with Crippen molar-refractivity contribution in [3.8, 4) is 0 Å². The van der Waals surface area contributed by atoms with Crippen molar-refractivity contribution in [1.82, 2.24) is 10.2 Å². The minimum atomic E-state index is 0.664. The molecule has 0 aliphatic rings. The van der Waals surface area contributed by atoms with Crippen LogP contribution in [0.3, 0.4) is 0 Å². The van der Waals surface area contributed by atoms with Gasteiger partial charge >= 0.3 is 0 Å². The molecule has 1 aromatic heterocycles. The fourth-order valence-electron chi connectivity index (χ4n) is 2.32. The van der Waals surface area contributed by atoms with Crippen LogP contribution in [0.15, 0.2) is 10.5 Å². The van der Waals surface area contributed by atoms with E-state index in [1.807, 2.05) is 7.05 Å². The van der Waals surface area contributed by atoms with Crippen LogP contribution in [0.25, 0.3) is 0 Å². The Morgan fingerprint density at radius 2 is 2.00 bits per heavy atom. The van der Waals surface area contributed by atoms with Gasteiger partial charge in [0.05, 0.1) is 6.54 Å². The topological polar surface area (TPSA) is 28.4 Å². The summed E-state index contributed by atoms with van der Waals surface area (Å²) in [5.41, 5.74) is 1.31. The van der Waals surface area contributed by atoms with E-state index < -0.39 is 0 Å². The molecule has 0 fully saturated rings. The Balaban J connectivity index is 2.67. The molecule has 1 rings (SSSR count). The number of aryl methyl sites for hydroxylation is 1. The summed E-state index contributed by atoms with van der Waals surface area (Å²) in [7, 11) is 4.13. The van der Waals surface area contributed by atoms with Crippen LogP contribution in [-0.2, 0) is 13.1 Å². The molecule has 0 saturated heterocycles. The quantitative estimate of drug-likeness (QED) is 0.791. The fourth-order valence-corrected chi connectivity index (χ4v) is 2.32. The van der Waals surface area contributed by atoms with Gasteiger partial charge in [-0.2, -0.15) is 0 Å².